The number of carbonyl (C=O) groups is 1. The van der Waals surface area contributed by atoms with Gasteiger partial charge in [-0.25, -0.2) is 0 Å². The van der Waals surface area contributed by atoms with Gasteiger partial charge in [-0.2, -0.15) is 0 Å². The molecule has 27 heavy (non-hydrogen) atoms. The Kier molecular flexibility index (Phi) is 6.23. The second kappa shape index (κ2) is 8.29. The van der Waals surface area contributed by atoms with Crippen LogP contribution in [-0.2, 0) is 14.9 Å². The molecule has 2 N–H and O–H groups in total. The minimum atomic E-state index is -0.673. The molecule has 1 aliphatic heterocycles. The first-order chi connectivity index (χ1) is 12.9. The van der Waals surface area contributed by atoms with Gasteiger partial charge in [-0.15, -0.1) is 0 Å². The molecule has 7 heteroatoms. The van der Waals surface area contributed by atoms with Gasteiger partial charge >= 0.3 is 0 Å². The van der Waals surface area contributed by atoms with Crippen molar-refractivity contribution in [2.24, 2.45) is 5.92 Å². The maximum absolute atomic E-state index is 12.9. The molecule has 0 atom stereocenters. The van der Waals surface area contributed by atoms with Crippen LogP contribution in [0.1, 0.15) is 58.1 Å². The highest BCUT2D eigenvalue weighted by Crippen LogP contribution is 2.40. The average molecular weight is 380 g/mol. The van der Waals surface area contributed by atoms with Crippen molar-refractivity contribution >= 4 is 11.8 Å². The Morgan fingerprint density at radius 2 is 2.04 bits per heavy atom. The van der Waals surface area contributed by atoms with Gasteiger partial charge in [-0.05, 0) is 52.5 Å². The number of ether oxygens (including phenoxy) is 1. The Morgan fingerprint density at radius 3 is 2.67 bits per heavy atom. The highest BCUT2D eigenvalue weighted by molar-refractivity contribution is 5.96. The maximum Gasteiger partial charge on any atom is 0.246 e. The minimum Gasteiger partial charge on any atom is -0.395 e. The van der Waals surface area contributed by atoms with Gasteiger partial charge in [0.25, 0.3) is 0 Å². The lowest BCUT2D eigenvalue weighted by Crippen LogP contribution is -2.52. The zero-order valence-corrected chi connectivity index (χ0v) is 16.8. The normalized spacial score (nSPS) is 20.9. The predicted octanol–water partition coefficient (Wildman–Crippen LogP) is 2.55. The molecule has 1 saturated heterocycles. The van der Waals surface area contributed by atoms with Crippen LogP contribution < -0.4 is 5.32 Å². The molecule has 1 amide bonds. The number of nitrogens with zero attached hydrogens (tertiary/aromatic N) is 2. The van der Waals surface area contributed by atoms with Crippen LogP contribution in [0.5, 0.6) is 0 Å². The third kappa shape index (κ3) is 4.36. The number of likely N-dealkylation sites (N-methyl/N-ethyl adjacent to an activating group) is 1. The Bertz CT molecular complexity index is 631. The van der Waals surface area contributed by atoms with Gasteiger partial charge in [-0.3, -0.25) is 15.0 Å². The summed E-state index contributed by atoms with van der Waals surface area (Å²) >= 11 is 0. The standard InChI is InChI=1S/C20H33N3O4/c1-19(2,23(3)13-15-6-10-26-11-7-15)18(25)21-17-12-16(22-27-17)20(14-24)8-4-5-9-20/h12,15,24H,4-11,13-14H2,1-3H3,(H,21,25). The van der Waals surface area contributed by atoms with E-state index in [9.17, 15) is 9.90 Å². The highest BCUT2D eigenvalue weighted by Gasteiger charge is 2.39. The lowest BCUT2D eigenvalue weighted by atomic mass is 9.84. The Balaban J connectivity index is 1.61. The van der Waals surface area contributed by atoms with Gasteiger partial charge in [0, 0.05) is 31.2 Å². The van der Waals surface area contributed by atoms with Crippen LogP contribution in [0.2, 0.25) is 0 Å². The monoisotopic (exact) mass is 379 g/mol. The summed E-state index contributed by atoms with van der Waals surface area (Å²) in [6.07, 6.45) is 6.05. The molecule has 2 aliphatic rings. The number of anilines is 1. The summed E-state index contributed by atoms with van der Waals surface area (Å²) in [6.45, 7) is 6.37. The number of hydrogen-bond acceptors (Lipinski definition) is 6. The zero-order valence-electron chi connectivity index (χ0n) is 16.8. The summed E-state index contributed by atoms with van der Waals surface area (Å²) < 4.78 is 10.8. The fourth-order valence-electron chi connectivity index (χ4n) is 4.11. The van der Waals surface area contributed by atoms with E-state index in [2.05, 4.69) is 15.4 Å². The Hall–Kier alpha value is -1.44. The van der Waals surface area contributed by atoms with E-state index in [0.717, 1.165) is 64.0 Å². The van der Waals surface area contributed by atoms with E-state index < -0.39 is 5.54 Å². The van der Waals surface area contributed by atoms with Crippen molar-refractivity contribution < 1.29 is 19.2 Å². The van der Waals surface area contributed by atoms with Crippen LogP contribution in [-0.4, -0.2) is 60.0 Å². The molecular weight excluding hydrogens is 346 g/mol. The molecule has 152 valence electrons. The molecule has 1 aromatic rings. The van der Waals surface area contributed by atoms with Crippen LogP contribution in [0.15, 0.2) is 10.6 Å². The van der Waals surface area contributed by atoms with Crippen LogP contribution in [0.4, 0.5) is 5.88 Å². The van der Waals surface area contributed by atoms with E-state index in [1.165, 1.54) is 0 Å². The first-order valence-electron chi connectivity index (χ1n) is 10.1. The van der Waals surface area contributed by atoms with Crippen LogP contribution in [0.3, 0.4) is 0 Å². The summed E-state index contributed by atoms with van der Waals surface area (Å²) in [4.78, 5) is 15.0. The summed E-state index contributed by atoms with van der Waals surface area (Å²) in [6, 6.07) is 1.77. The molecule has 0 bridgehead atoms. The van der Waals surface area contributed by atoms with Crippen molar-refractivity contribution in [1.29, 1.82) is 0 Å². The maximum atomic E-state index is 12.9. The number of carbonyl (C=O) groups excluding carboxylic acids is 1. The molecule has 0 aromatic carbocycles. The van der Waals surface area contributed by atoms with E-state index in [1.807, 2.05) is 20.9 Å². The van der Waals surface area contributed by atoms with Gasteiger partial charge in [-0.1, -0.05) is 18.0 Å². The van der Waals surface area contributed by atoms with Crippen molar-refractivity contribution in [3.63, 3.8) is 0 Å². The first kappa shape index (κ1) is 20.3. The second-order valence-electron chi connectivity index (χ2n) is 8.67. The van der Waals surface area contributed by atoms with Crippen molar-refractivity contribution in [3.8, 4) is 0 Å². The summed E-state index contributed by atoms with van der Waals surface area (Å²) in [5.41, 5.74) is -0.249. The van der Waals surface area contributed by atoms with Crippen molar-refractivity contribution in [2.45, 2.75) is 63.3 Å². The van der Waals surface area contributed by atoms with Crippen molar-refractivity contribution in [2.75, 3.05) is 38.7 Å². The van der Waals surface area contributed by atoms with E-state index in [1.54, 1.807) is 6.07 Å². The minimum absolute atomic E-state index is 0.0618. The SMILES string of the molecule is CN(CC1CCOCC1)C(C)(C)C(=O)Nc1cc(C2(CO)CCCC2)no1. The third-order valence-electron chi connectivity index (χ3n) is 6.54. The molecule has 7 nitrogen and oxygen atoms in total. The lowest BCUT2D eigenvalue weighted by Gasteiger charge is -2.37. The van der Waals surface area contributed by atoms with Crippen molar-refractivity contribution in [1.82, 2.24) is 10.1 Å². The Labute approximate surface area is 161 Å². The Morgan fingerprint density at radius 1 is 1.37 bits per heavy atom. The largest absolute Gasteiger partial charge is 0.395 e. The van der Waals surface area contributed by atoms with E-state index in [4.69, 9.17) is 9.26 Å². The topological polar surface area (TPSA) is 87.8 Å². The molecule has 3 rings (SSSR count). The third-order valence-corrected chi connectivity index (χ3v) is 6.54. The van der Waals surface area contributed by atoms with Gasteiger partial charge in [0.2, 0.25) is 11.8 Å². The molecule has 2 fully saturated rings. The zero-order chi connectivity index (χ0) is 19.5. The number of nitrogens with one attached hydrogen (secondary N) is 1. The number of aromatic nitrogens is 1. The predicted molar refractivity (Wildman–Crippen MR) is 103 cm³/mol. The van der Waals surface area contributed by atoms with Crippen molar-refractivity contribution in [3.05, 3.63) is 11.8 Å². The molecule has 0 radical (unpaired) electrons. The molecule has 0 unspecified atom stereocenters. The van der Waals surface area contributed by atoms with Crippen LogP contribution in [0.25, 0.3) is 0 Å². The van der Waals surface area contributed by atoms with Gasteiger partial charge in [0.05, 0.1) is 17.8 Å². The number of hydrogen-bond donors (Lipinski definition) is 2. The molecule has 1 aliphatic carbocycles. The molecular formula is C20H33N3O4. The van der Waals surface area contributed by atoms with E-state index in [-0.39, 0.29) is 17.9 Å². The molecule has 0 spiro atoms. The fraction of sp³-hybridized carbons (Fsp3) is 0.800. The summed E-state index contributed by atoms with van der Waals surface area (Å²) in [5, 5.41) is 16.8. The first-order valence-corrected chi connectivity index (χ1v) is 10.1. The fourth-order valence-corrected chi connectivity index (χ4v) is 4.11. The van der Waals surface area contributed by atoms with E-state index in [0.29, 0.717) is 11.8 Å². The molecule has 2 heterocycles. The highest BCUT2D eigenvalue weighted by atomic mass is 16.5. The summed E-state index contributed by atoms with van der Waals surface area (Å²) in [5.74, 6) is 0.783. The number of rotatable bonds is 7. The quantitative estimate of drug-likeness (QED) is 0.757. The smallest absolute Gasteiger partial charge is 0.246 e. The average Bonchev–Trinajstić information content (AvgIpc) is 3.32. The lowest BCUT2D eigenvalue weighted by molar-refractivity contribution is -0.126. The van der Waals surface area contributed by atoms with Gasteiger partial charge in [0.15, 0.2) is 0 Å². The number of aliphatic hydroxyl groups excluding tert-OH is 1. The number of aliphatic hydroxyl groups is 1. The molecule has 1 saturated carbocycles. The number of amides is 1. The van der Waals surface area contributed by atoms with Crippen LogP contribution >= 0.6 is 0 Å². The molecule has 1 aromatic heterocycles. The summed E-state index contributed by atoms with van der Waals surface area (Å²) in [7, 11) is 1.99. The van der Waals surface area contributed by atoms with Gasteiger partial charge in [0.1, 0.15) is 0 Å². The van der Waals surface area contributed by atoms with E-state index >= 15 is 0 Å². The van der Waals surface area contributed by atoms with Gasteiger partial charge < -0.3 is 14.4 Å². The van der Waals surface area contributed by atoms with Crippen LogP contribution in [0, 0.1) is 5.92 Å². The second-order valence-corrected chi connectivity index (χ2v) is 8.67.